The topological polar surface area (TPSA) is 0 Å². The number of hydrogen-bond acceptors (Lipinski definition) is 0. The van der Waals surface area contributed by atoms with Gasteiger partial charge in [0.1, 0.15) is 23.2 Å². The zero-order valence-electron chi connectivity index (χ0n) is 11.9. The molecule has 2 aromatic rings. The lowest BCUT2D eigenvalue weighted by Crippen LogP contribution is -2.22. The van der Waals surface area contributed by atoms with Gasteiger partial charge in [-0.25, -0.2) is 0 Å². The molecule has 0 aliphatic carbocycles. The van der Waals surface area contributed by atoms with Gasteiger partial charge in [-0.05, 0) is 36.4 Å². The van der Waals surface area contributed by atoms with Crippen LogP contribution in [0.5, 0.6) is 0 Å². The minimum absolute atomic E-state index is 1.25. The van der Waals surface area contributed by atoms with Crippen LogP contribution >= 0.6 is 7.26 Å². The Labute approximate surface area is 122 Å². The van der Waals surface area contributed by atoms with Crippen molar-refractivity contribution in [1.82, 2.24) is 0 Å². The first-order valence-electron chi connectivity index (χ1n) is 6.67. The summed E-state index contributed by atoms with van der Waals surface area (Å²) >= 11 is 0. The molecular weight excluding hydrogens is 259 g/mol. The molecule has 0 spiro atoms. The lowest BCUT2D eigenvalue weighted by molar-refractivity contribution is 1.72. The summed E-state index contributed by atoms with van der Waals surface area (Å²) in [5.74, 6) is 0. The summed E-state index contributed by atoms with van der Waals surface area (Å²) in [7, 11) is -1.63. The molecule has 1 heteroatoms. The van der Waals surface area contributed by atoms with Gasteiger partial charge in [-0.1, -0.05) is 55.6 Å². The summed E-state index contributed by atoms with van der Waals surface area (Å²) < 4.78 is 0. The first-order valence-corrected chi connectivity index (χ1v) is 8.90. The maximum atomic E-state index is 4.01. The second kappa shape index (κ2) is 6.50. The standard InChI is InChI=1S/C19H20P/c1-4-12-17(5-2)20(3,18-13-8-6-9-14-18)19-15-10-7-11-16-19/h4-16H,1-2H2,3H3/q+1/b17-12+. The molecular formula is C19H20P+. The van der Waals surface area contributed by atoms with Gasteiger partial charge in [0.05, 0.1) is 6.66 Å². The molecule has 20 heavy (non-hydrogen) atoms. The Kier molecular flexibility index (Phi) is 4.71. The molecule has 0 unspecified atom stereocenters. The normalized spacial score (nSPS) is 11.9. The monoisotopic (exact) mass is 279 g/mol. The molecule has 0 saturated carbocycles. The fourth-order valence-electron chi connectivity index (χ4n) is 2.42. The molecule has 0 N–H and O–H groups in total. The maximum absolute atomic E-state index is 4.01. The second-order valence-electron chi connectivity index (χ2n) is 4.71. The largest absolute Gasteiger partial charge is 0.109 e. The van der Waals surface area contributed by atoms with Gasteiger partial charge < -0.3 is 0 Å². The molecule has 0 aromatic heterocycles. The van der Waals surface area contributed by atoms with Gasteiger partial charge in [0.25, 0.3) is 0 Å². The van der Waals surface area contributed by atoms with Crippen molar-refractivity contribution in [2.24, 2.45) is 0 Å². The van der Waals surface area contributed by atoms with Gasteiger partial charge in [0.15, 0.2) is 0 Å². The lowest BCUT2D eigenvalue weighted by Gasteiger charge is -2.23. The van der Waals surface area contributed by atoms with Crippen molar-refractivity contribution in [1.29, 1.82) is 0 Å². The number of rotatable bonds is 5. The van der Waals surface area contributed by atoms with Crippen molar-refractivity contribution in [3.8, 4) is 0 Å². The highest BCUT2D eigenvalue weighted by Gasteiger charge is 2.40. The summed E-state index contributed by atoms with van der Waals surface area (Å²) in [4.78, 5) is 0. The van der Waals surface area contributed by atoms with E-state index in [1.54, 1.807) is 0 Å². The maximum Gasteiger partial charge on any atom is 0.109 e. The van der Waals surface area contributed by atoms with Crippen LogP contribution in [0.2, 0.25) is 0 Å². The van der Waals surface area contributed by atoms with E-state index in [1.165, 1.54) is 15.9 Å². The quantitative estimate of drug-likeness (QED) is 0.557. The molecule has 2 rings (SSSR count). The zero-order valence-corrected chi connectivity index (χ0v) is 12.8. The van der Waals surface area contributed by atoms with E-state index in [4.69, 9.17) is 0 Å². The number of benzene rings is 2. The third-order valence-electron chi connectivity index (χ3n) is 3.56. The summed E-state index contributed by atoms with van der Waals surface area (Å²) in [5.41, 5.74) is 0. The fraction of sp³-hybridized carbons (Fsp3) is 0.0526. The molecule has 0 radical (unpaired) electrons. The zero-order chi connectivity index (χ0) is 14.4. The SMILES string of the molecule is C=C/C=C(\C=C)[P+](C)(c1ccccc1)c1ccccc1. The Morgan fingerprint density at radius 3 is 1.65 bits per heavy atom. The van der Waals surface area contributed by atoms with Gasteiger partial charge in [-0.2, -0.15) is 0 Å². The van der Waals surface area contributed by atoms with E-state index in [0.29, 0.717) is 0 Å². The Balaban J connectivity index is 2.70. The van der Waals surface area contributed by atoms with E-state index in [2.05, 4.69) is 86.6 Å². The van der Waals surface area contributed by atoms with Crippen LogP contribution in [0.1, 0.15) is 0 Å². The summed E-state index contributed by atoms with van der Waals surface area (Å²) in [6, 6.07) is 21.4. The predicted octanol–water partition coefficient (Wildman–Crippen LogP) is 4.54. The number of allylic oxidation sites excluding steroid dienone is 4. The van der Waals surface area contributed by atoms with E-state index >= 15 is 0 Å². The van der Waals surface area contributed by atoms with Crippen LogP contribution in [-0.4, -0.2) is 6.66 Å². The van der Waals surface area contributed by atoms with Crippen LogP contribution in [0.25, 0.3) is 0 Å². The minimum Gasteiger partial charge on any atom is -0.0989 e. The summed E-state index contributed by atoms with van der Waals surface area (Å²) in [6.07, 6.45) is 5.90. The second-order valence-corrected chi connectivity index (χ2v) is 8.27. The molecule has 0 nitrogen and oxygen atoms in total. The van der Waals surface area contributed by atoms with E-state index in [-0.39, 0.29) is 0 Å². The van der Waals surface area contributed by atoms with Crippen molar-refractivity contribution in [3.63, 3.8) is 0 Å². The van der Waals surface area contributed by atoms with Crippen molar-refractivity contribution >= 4 is 17.9 Å². The highest BCUT2D eigenvalue weighted by atomic mass is 31.2. The molecule has 0 heterocycles. The van der Waals surface area contributed by atoms with Crippen molar-refractivity contribution in [2.45, 2.75) is 0 Å². The van der Waals surface area contributed by atoms with Gasteiger partial charge in [-0.3, -0.25) is 0 Å². The number of hydrogen-bond donors (Lipinski definition) is 0. The van der Waals surface area contributed by atoms with Crippen molar-refractivity contribution in [3.05, 3.63) is 97.4 Å². The highest BCUT2D eigenvalue weighted by molar-refractivity contribution is 7.92. The average molecular weight is 279 g/mol. The first-order chi connectivity index (χ1) is 9.73. The van der Waals surface area contributed by atoms with Crippen LogP contribution in [0.3, 0.4) is 0 Å². The Hall–Kier alpha value is -1.91. The third-order valence-corrected chi connectivity index (χ3v) is 7.59. The average Bonchev–Trinajstić information content (AvgIpc) is 2.53. The molecule has 0 fully saturated rings. The van der Waals surface area contributed by atoms with Gasteiger partial charge >= 0.3 is 0 Å². The summed E-state index contributed by atoms with van der Waals surface area (Å²) in [5, 5.41) is 3.98. The molecule has 0 bridgehead atoms. The fourth-order valence-corrected chi connectivity index (χ4v) is 5.62. The Bertz CT molecular complexity index is 569. The molecule has 2 aromatic carbocycles. The van der Waals surface area contributed by atoms with Crippen LogP contribution in [0.15, 0.2) is 97.4 Å². The molecule has 0 atom stereocenters. The van der Waals surface area contributed by atoms with E-state index in [1.807, 2.05) is 12.2 Å². The minimum atomic E-state index is -1.63. The van der Waals surface area contributed by atoms with Gasteiger partial charge in [0, 0.05) is 0 Å². The van der Waals surface area contributed by atoms with Gasteiger partial charge in [0.2, 0.25) is 0 Å². The van der Waals surface area contributed by atoms with E-state index in [9.17, 15) is 0 Å². The first kappa shape index (κ1) is 14.5. The van der Waals surface area contributed by atoms with Crippen molar-refractivity contribution < 1.29 is 0 Å². The van der Waals surface area contributed by atoms with E-state index < -0.39 is 7.26 Å². The van der Waals surface area contributed by atoms with Crippen LogP contribution < -0.4 is 10.6 Å². The van der Waals surface area contributed by atoms with Gasteiger partial charge in [-0.15, -0.1) is 0 Å². The molecule has 0 aliphatic heterocycles. The third kappa shape index (κ3) is 2.66. The summed E-state index contributed by atoms with van der Waals surface area (Å²) in [6.45, 7) is 10.2. The smallest absolute Gasteiger partial charge is 0.0989 e. The van der Waals surface area contributed by atoms with E-state index in [0.717, 1.165) is 0 Å². The van der Waals surface area contributed by atoms with Crippen LogP contribution in [0.4, 0.5) is 0 Å². The van der Waals surface area contributed by atoms with Crippen molar-refractivity contribution in [2.75, 3.05) is 6.66 Å². The van der Waals surface area contributed by atoms with Crippen LogP contribution in [0, 0.1) is 0 Å². The molecule has 0 saturated heterocycles. The Morgan fingerprint density at radius 2 is 1.30 bits per heavy atom. The predicted molar refractivity (Wildman–Crippen MR) is 93.5 cm³/mol. The highest BCUT2D eigenvalue weighted by Crippen LogP contribution is 2.60. The van der Waals surface area contributed by atoms with Crippen LogP contribution in [-0.2, 0) is 0 Å². The molecule has 0 aliphatic rings. The molecule has 0 amide bonds. The molecule has 100 valence electrons. The Morgan fingerprint density at radius 1 is 0.850 bits per heavy atom. The lowest BCUT2D eigenvalue weighted by atomic mass is 10.4.